The number of anilines is 1. The monoisotopic (exact) mass is 415 g/mol. The number of hydrogen-bond acceptors (Lipinski definition) is 2. The molecule has 144 valence electrons. The predicted octanol–water partition coefficient (Wildman–Crippen LogP) is 4.19. The number of carbonyl (C=O) groups is 2. The summed E-state index contributed by atoms with van der Waals surface area (Å²) in [5.41, 5.74) is 2.81. The van der Waals surface area contributed by atoms with Gasteiger partial charge < -0.3 is 15.2 Å². The lowest BCUT2D eigenvalue weighted by Gasteiger charge is -2.17. The maximum Gasteiger partial charge on any atom is 0.239 e. The first-order valence-corrected chi connectivity index (χ1v) is 9.89. The van der Waals surface area contributed by atoms with E-state index in [1.807, 2.05) is 30.5 Å². The van der Waals surface area contributed by atoms with E-state index in [-0.39, 0.29) is 11.8 Å². The summed E-state index contributed by atoms with van der Waals surface area (Å²) in [4.78, 5) is 30.0. The number of halogens is 2. The third kappa shape index (κ3) is 3.73. The second kappa shape index (κ2) is 7.86. The lowest BCUT2D eigenvalue weighted by molar-refractivity contribution is -0.132. The number of aromatic amines is 1. The maximum absolute atomic E-state index is 12.7. The summed E-state index contributed by atoms with van der Waals surface area (Å²) in [7, 11) is 0. The van der Waals surface area contributed by atoms with Gasteiger partial charge in [-0.15, -0.1) is 0 Å². The number of amides is 2. The van der Waals surface area contributed by atoms with Gasteiger partial charge in [-0.2, -0.15) is 0 Å². The van der Waals surface area contributed by atoms with Crippen LogP contribution in [0.2, 0.25) is 10.0 Å². The van der Waals surface area contributed by atoms with Crippen LogP contribution in [-0.2, 0) is 16.0 Å². The summed E-state index contributed by atoms with van der Waals surface area (Å²) in [5, 5.41) is 5.19. The van der Waals surface area contributed by atoms with Gasteiger partial charge in [0, 0.05) is 45.9 Å². The molecule has 1 saturated heterocycles. The van der Waals surface area contributed by atoms with E-state index < -0.39 is 5.92 Å². The molecule has 4 rings (SSSR count). The molecule has 1 fully saturated rings. The molecule has 1 aromatic heterocycles. The van der Waals surface area contributed by atoms with Gasteiger partial charge >= 0.3 is 0 Å². The van der Waals surface area contributed by atoms with Gasteiger partial charge in [0.05, 0.1) is 0 Å². The predicted molar refractivity (Wildman–Crippen MR) is 112 cm³/mol. The Hall–Kier alpha value is -2.50. The first-order valence-electron chi connectivity index (χ1n) is 9.13. The maximum atomic E-state index is 12.7. The Labute approximate surface area is 172 Å². The number of H-pyrrole nitrogens is 1. The highest BCUT2D eigenvalue weighted by atomic mass is 35.5. The number of hydrogen-bond donors (Lipinski definition) is 2. The van der Waals surface area contributed by atoms with Crippen LogP contribution in [0, 0.1) is 5.92 Å². The molecule has 3 aromatic rings. The van der Waals surface area contributed by atoms with Crippen molar-refractivity contribution < 1.29 is 9.59 Å². The molecule has 0 spiro atoms. The fourth-order valence-electron chi connectivity index (χ4n) is 3.62. The topological polar surface area (TPSA) is 65.2 Å². The first kappa shape index (κ1) is 18.8. The molecule has 28 heavy (non-hydrogen) atoms. The van der Waals surface area contributed by atoms with E-state index in [2.05, 4.69) is 10.3 Å². The zero-order chi connectivity index (χ0) is 19.7. The molecule has 2 amide bonds. The zero-order valence-electron chi connectivity index (χ0n) is 15.0. The van der Waals surface area contributed by atoms with E-state index in [1.54, 1.807) is 23.1 Å². The number of nitrogens with zero attached hydrogens (tertiary/aromatic N) is 1. The average molecular weight is 416 g/mol. The zero-order valence-corrected chi connectivity index (χ0v) is 16.6. The van der Waals surface area contributed by atoms with Crippen LogP contribution in [0.4, 0.5) is 5.69 Å². The Kier molecular flexibility index (Phi) is 5.29. The van der Waals surface area contributed by atoms with E-state index in [9.17, 15) is 9.59 Å². The lowest BCUT2D eigenvalue weighted by atomic mass is 10.1. The molecule has 1 aliphatic heterocycles. The summed E-state index contributed by atoms with van der Waals surface area (Å²) >= 11 is 12.1. The number of carbonyl (C=O) groups excluding carboxylic acids is 2. The summed E-state index contributed by atoms with van der Waals surface area (Å²) < 4.78 is 0. The van der Waals surface area contributed by atoms with Crippen molar-refractivity contribution in [1.82, 2.24) is 10.3 Å². The van der Waals surface area contributed by atoms with Gasteiger partial charge in [0.25, 0.3) is 0 Å². The van der Waals surface area contributed by atoms with Crippen LogP contribution < -0.4 is 10.2 Å². The van der Waals surface area contributed by atoms with Crippen molar-refractivity contribution in [2.24, 2.45) is 5.92 Å². The van der Waals surface area contributed by atoms with E-state index in [0.29, 0.717) is 36.0 Å². The molecule has 5 nitrogen and oxygen atoms in total. The van der Waals surface area contributed by atoms with Gasteiger partial charge in [-0.3, -0.25) is 9.59 Å². The average Bonchev–Trinajstić information content (AvgIpc) is 3.25. The number of rotatable bonds is 5. The fraction of sp³-hybridized carbons (Fsp3) is 0.238. The second-order valence-corrected chi connectivity index (χ2v) is 7.73. The summed E-state index contributed by atoms with van der Waals surface area (Å²) in [5.74, 6) is -1.07. The highest BCUT2D eigenvalue weighted by Crippen LogP contribution is 2.27. The number of benzene rings is 2. The summed E-state index contributed by atoms with van der Waals surface area (Å²) in [6.45, 7) is 0.970. The minimum absolute atomic E-state index is 0.182. The highest BCUT2D eigenvalue weighted by molar-refractivity contribution is 6.31. The standard InChI is InChI=1S/C21H19Cl2N3O2/c22-14-2-1-3-16(10-14)26-9-7-17(21(26)28)20(27)24-8-6-13-12-25-19-5-4-15(23)11-18(13)19/h1-5,10-12,17,25H,6-9H2,(H,24,27). The van der Waals surface area contributed by atoms with Gasteiger partial charge in [-0.25, -0.2) is 0 Å². The van der Waals surface area contributed by atoms with Crippen molar-refractivity contribution in [3.05, 3.63) is 64.3 Å². The van der Waals surface area contributed by atoms with Gasteiger partial charge in [-0.1, -0.05) is 29.3 Å². The fourth-order valence-corrected chi connectivity index (χ4v) is 3.98. The second-order valence-electron chi connectivity index (χ2n) is 6.86. The van der Waals surface area contributed by atoms with Crippen molar-refractivity contribution in [3.63, 3.8) is 0 Å². The van der Waals surface area contributed by atoms with Crippen molar-refractivity contribution in [1.29, 1.82) is 0 Å². The van der Waals surface area contributed by atoms with Crippen molar-refractivity contribution in [2.45, 2.75) is 12.8 Å². The molecular formula is C21H19Cl2N3O2. The van der Waals surface area contributed by atoms with E-state index in [4.69, 9.17) is 23.2 Å². The molecule has 0 radical (unpaired) electrons. The normalized spacial score (nSPS) is 16.7. The third-order valence-corrected chi connectivity index (χ3v) is 5.54. The van der Waals surface area contributed by atoms with Crippen LogP contribution in [0.25, 0.3) is 10.9 Å². The van der Waals surface area contributed by atoms with Crippen LogP contribution in [0.15, 0.2) is 48.7 Å². The molecule has 2 heterocycles. The SMILES string of the molecule is O=C(NCCc1c[nH]c2ccc(Cl)cc12)C1CCN(c2cccc(Cl)c2)C1=O. The molecule has 7 heteroatoms. The molecule has 0 saturated carbocycles. The van der Waals surface area contributed by atoms with Gasteiger partial charge in [0.1, 0.15) is 5.92 Å². The molecular weight excluding hydrogens is 397 g/mol. The molecule has 0 aliphatic carbocycles. The molecule has 1 aliphatic rings. The summed E-state index contributed by atoms with van der Waals surface area (Å²) in [6.07, 6.45) is 3.08. The minimum atomic E-state index is -0.656. The number of fused-ring (bicyclic) bond motifs is 1. The molecule has 2 aromatic carbocycles. The third-order valence-electron chi connectivity index (χ3n) is 5.06. The van der Waals surface area contributed by atoms with Gasteiger partial charge in [-0.05, 0) is 54.8 Å². The first-order chi connectivity index (χ1) is 13.5. The number of aromatic nitrogens is 1. The Bertz CT molecular complexity index is 1050. The lowest BCUT2D eigenvalue weighted by Crippen LogP contribution is -2.37. The van der Waals surface area contributed by atoms with Crippen LogP contribution in [0.1, 0.15) is 12.0 Å². The Morgan fingerprint density at radius 1 is 1.18 bits per heavy atom. The molecule has 1 atom stereocenters. The number of nitrogens with one attached hydrogen (secondary N) is 2. The van der Waals surface area contributed by atoms with Gasteiger partial charge in [0.2, 0.25) is 11.8 Å². The molecule has 0 bridgehead atoms. The quantitative estimate of drug-likeness (QED) is 0.613. The Morgan fingerprint density at radius 3 is 2.82 bits per heavy atom. The Morgan fingerprint density at radius 2 is 2.00 bits per heavy atom. The van der Waals surface area contributed by atoms with Crippen LogP contribution in [0.5, 0.6) is 0 Å². The van der Waals surface area contributed by atoms with Crippen LogP contribution >= 0.6 is 23.2 Å². The molecule has 1 unspecified atom stereocenters. The van der Waals surface area contributed by atoms with Crippen molar-refractivity contribution >= 4 is 51.6 Å². The van der Waals surface area contributed by atoms with Crippen molar-refractivity contribution in [3.8, 4) is 0 Å². The van der Waals surface area contributed by atoms with E-state index in [0.717, 1.165) is 22.2 Å². The minimum Gasteiger partial charge on any atom is -0.361 e. The van der Waals surface area contributed by atoms with Gasteiger partial charge in [0.15, 0.2) is 0 Å². The van der Waals surface area contributed by atoms with Crippen molar-refractivity contribution in [2.75, 3.05) is 18.0 Å². The summed E-state index contributed by atoms with van der Waals surface area (Å²) in [6, 6.07) is 12.8. The molecule has 2 N–H and O–H groups in total. The van der Waals surface area contributed by atoms with E-state index >= 15 is 0 Å². The van der Waals surface area contributed by atoms with Crippen LogP contribution in [0.3, 0.4) is 0 Å². The smallest absolute Gasteiger partial charge is 0.239 e. The van der Waals surface area contributed by atoms with Crippen LogP contribution in [-0.4, -0.2) is 29.9 Å². The highest BCUT2D eigenvalue weighted by Gasteiger charge is 2.37. The van der Waals surface area contributed by atoms with E-state index in [1.165, 1.54) is 0 Å². The largest absolute Gasteiger partial charge is 0.361 e. The Balaban J connectivity index is 1.36.